The van der Waals surface area contributed by atoms with Crippen molar-refractivity contribution in [2.24, 2.45) is 4.99 Å². The summed E-state index contributed by atoms with van der Waals surface area (Å²) in [6.07, 6.45) is 2.34. The van der Waals surface area contributed by atoms with Crippen molar-refractivity contribution in [3.05, 3.63) is 72.1 Å². The molecule has 0 saturated heterocycles. The third-order valence-corrected chi connectivity index (χ3v) is 4.08. The van der Waals surface area contributed by atoms with Gasteiger partial charge in [0.1, 0.15) is 12.1 Å². The van der Waals surface area contributed by atoms with Crippen LogP contribution in [0.4, 0.5) is 5.95 Å². The second kappa shape index (κ2) is 5.68. The van der Waals surface area contributed by atoms with Crippen molar-refractivity contribution >= 4 is 11.7 Å². The van der Waals surface area contributed by atoms with E-state index < -0.39 is 0 Å². The second-order valence-corrected chi connectivity index (χ2v) is 5.42. The van der Waals surface area contributed by atoms with Gasteiger partial charge in [-0.15, -0.1) is 0 Å². The van der Waals surface area contributed by atoms with Crippen LogP contribution in [-0.4, -0.2) is 27.6 Å². The maximum atomic E-state index is 5.24. The average molecular weight is 304 g/mol. The molecular formula is C18H16N4O. The molecule has 5 nitrogen and oxygen atoms in total. The van der Waals surface area contributed by atoms with Gasteiger partial charge in [-0.3, -0.25) is 0 Å². The Kier molecular flexibility index (Phi) is 3.38. The van der Waals surface area contributed by atoms with Crippen molar-refractivity contribution < 1.29 is 4.74 Å². The molecule has 23 heavy (non-hydrogen) atoms. The van der Waals surface area contributed by atoms with E-state index in [-0.39, 0.29) is 6.04 Å². The summed E-state index contributed by atoms with van der Waals surface area (Å²) in [6.45, 7) is 0. The molecule has 1 aromatic heterocycles. The van der Waals surface area contributed by atoms with Crippen LogP contribution in [0, 0.1) is 0 Å². The predicted molar refractivity (Wildman–Crippen MR) is 88.4 cm³/mol. The van der Waals surface area contributed by atoms with Gasteiger partial charge in [-0.25, -0.2) is 9.67 Å². The lowest BCUT2D eigenvalue weighted by Crippen LogP contribution is -2.21. The molecule has 114 valence electrons. The monoisotopic (exact) mass is 304 g/mol. The quantitative estimate of drug-likeness (QED) is 0.745. The summed E-state index contributed by atoms with van der Waals surface area (Å²) in [6, 6.07) is 18.4. The van der Waals surface area contributed by atoms with Crippen LogP contribution in [-0.2, 0) is 0 Å². The van der Waals surface area contributed by atoms with E-state index in [1.165, 1.54) is 5.56 Å². The first-order valence-corrected chi connectivity index (χ1v) is 7.51. The Bertz CT molecular complexity index is 837. The Morgan fingerprint density at radius 3 is 2.57 bits per heavy atom. The smallest absolute Gasteiger partial charge is 0.248 e. The predicted octanol–water partition coefficient (Wildman–Crippen LogP) is 3.40. The summed E-state index contributed by atoms with van der Waals surface area (Å²) in [5, 5.41) is 4.35. The Morgan fingerprint density at radius 2 is 1.83 bits per heavy atom. The maximum absolute atomic E-state index is 5.24. The van der Waals surface area contributed by atoms with Crippen molar-refractivity contribution in [3.8, 4) is 5.75 Å². The molecule has 0 aliphatic carbocycles. The van der Waals surface area contributed by atoms with E-state index in [1.54, 1.807) is 13.4 Å². The fraction of sp³-hybridized carbons (Fsp3) is 0.167. The number of benzene rings is 2. The van der Waals surface area contributed by atoms with Gasteiger partial charge in [-0.05, 0) is 23.3 Å². The molecule has 0 spiro atoms. The summed E-state index contributed by atoms with van der Waals surface area (Å²) in [7, 11) is 1.67. The molecule has 5 heteroatoms. The fourth-order valence-electron chi connectivity index (χ4n) is 2.88. The average Bonchev–Trinajstić information content (AvgIpc) is 3.10. The van der Waals surface area contributed by atoms with Gasteiger partial charge in [0.15, 0.2) is 0 Å². The van der Waals surface area contributed by atoms with Crippen LogP contribution in [0.2, 0.25) is 0 Å². The number of aromatic nitrogens is 3. The molecule has 4 rings (SSSR count). The van der Waals surface area contributed by atoms with Crippen LogP contribution in [0.1, 0.15) is 23.6 Å². The zero-order valence-corrected chi connectivity index (χ0v) is 12.8. The lowest BCUT2D eigenvalue weighted by Gasteiger charge is -2.24. The molecule has 1 aliphatic heterocycles. The Hall–Kier alpha value is -2.95. The molecule has 0 saturated carbocycles. The molecule has 0 bridgehead atoms. The minimum atomic E-state index is 0.0890. The van der Waals surface area contributed by atoms with Gasteiger partial charge in [0, 0.05) is 6.42 Å². The van der Waals surface area contributed by atoms with Crippen molar-refractivity contribution in [2.45, 2.75) is 12.5 Å². The zero-order valence-electron chi connectivity index (χ0n) is 12.8. The lowest BCUT2D eigenvalue weighted by molar-refractivity contribution is 0.414. The van der Waals surface area contributed by atoms with Crippen molar-refractivity contribution in [2.75, 3.05) is 7.11 Å². The van der Waals surface area contributed by atoms with Crippen molar-refractivity contribution in [1.82, 2.24) is 14.8 Å². The van der Waals surface area contributed by atoms with E-state index >= 15 is 0 Å². The minimum Gasteiger partial charge on any atom is -0.497 e. The van der Waals surface area contributed by atoms with E-state index in [0.717, 1.165) is 23.4 Å². The zero-order chi connectivity index (χ0) is 15.6. The van der Waals surface area contributed by atoms with Gasteiger partial charge in [-0.2, -0.15) is 10.1 Å². The number of methoxy groups -OCH3 is 1. The molecule has 1 atom stereocenters. The van der Waals surface area contributed by atoms with E-state index in [9.17, 15) is 0 Å². The SMILES string of the molecule is COc1ccc(C2CC(c3ccccc3)=Nc3ncnn32)cc1. The summed E-state index contributed by atoms with van der Waals surface area (Å²) < 4.78 is 7.13. The summed E-state index contributed by atoms with van der Waals surface area (Å²) in [5.41, 5.74) is 3.33. The third-order valence-electron chi connectivity index (χ3n) is 4.08. The second-order valence-electron chi connectivity index (χ2n) is 5.42. The highest BCUT2D eigenvalue weighted by molar-refractivity contribution is 6.02. The van der Waals surface area contributed by atoms with E-state index in [2.05, 4.69) is 39.3 Å². The van der Waals surface area contributed by atoms with Gasteiger partial charge in [0.2, 0.25) is 5.95 Å². The maximum Gasteiger partial charge on any atom is 0.248 e. The van der Waals surface area contributed by atoms with Gasteiger partial charge < -0.3 is 4.74 Å². The molecule has 1 aliphatic rings. The van der Waals surface area contributed by atoms with Gasteiger partial charge in [0.25, 0.3) is 0 Å². The van der Waals surface area contributed by atoms with Crippen molar-refractivity contribution in [3.63, 3.8) is 0 Å². The number of aliphatic imine (C=N–C) groups is 1. The molecule has 1 unspecified atom stereocenters. The molecule has 3 aromatic rings. The van der Waals surface area contributed by atoms with Crippen molar-refractivity contribution in [1.29, 1.82) is 0 Å². The highest BCUT2D eigenvalue weighted by Gasteiger charge is 2.25. The Morgan fingerprint density at radius 1 is 1.04 bits per heavy atom. The van der Waals surface area contributed by atoms with Crippen LogP contribution in [0.5, 0.6) is 5.75 Å². The summed E-state index contributed by atoms with van der Waals surface area (Å²) in [5.74, 6) is 1.50. The first kappa shape index (κ1) is 13.7. The van der Waals surface area contributed by atoms with Crippen LogP contribution in [0.3, 0.4) is 0 Å². The standard InChI is InChI=1S/C18H16N4O/c1-23-15-9-7-14(8-10-15)17-11-16(13-5-3-2-4-6-13)21-18-19-12-20-22(17)18/h2-10,12,17H,11H2,1H3. The Labute approximate surface area is 134 Å². The van der Waals surface area contributed by atoms with E-state index in [4.69, 9.17) is 4.74 Å². The van der Waals surface area contributed by atoms with E-state index in [0.29, 0.717) is 5.95 Å². The highest BCUT2D eigenvalue weighted by atomic mass is 16.5. The van der Waals surface area contributed by atoms with Crippen LogP contribution in [0.25, 0.3) is 0 Å². The first-order chi connectivity index (χ1) is 11.3. The van der Waals surface area contributed by atoms with Crippen LogP contribution in [0.15, 0.2) is 65.9 Å². The van der Waals surface area contributed by atoms with E-state index in [1.807, 2.05) is 35.0 Å². The fourth-order valence-corrected chi connectivity index (χ4v) is 2.88. The molecule has 2 aromatic carbocycles. The molecular weight excluding hydrogens is 288 g/mol. The van der Waals surface area contributed by atoms with Crippen LogP contribution < -0.4 is 4.74 Å². The first-order valence-electron chi connectivity index (χ1n) is 7.51. The Balaban J connectivity index is 1.75. The lowest BCUT2D eigenvalue weighted by atomic mass is 9.96. The summed E-state index contributed by atoms with van der Waals surface area (Å²) in [4.78, 5) is 8.95. The van der Waals surface area contributed by atoms with Gasteiger partial charge in [0.05, 0.1) is 18.9 Å². The van der Waals surface area contributed by atoms with Gasteiger partial charge in [-0.1, -0.05) is 42.5 Å². The molecule has 0 radical (unpaired) electrons. The number of rotatable bonds is 3. The molecule has 0 N–H and O–H groups in total. The number of hydrogen-bond acceptors (Lipinski definition) is 4. The minimum absolute atomic E-state index is 0.0890. The largest absolute Gasteiger partial charge is 0.497 e. The normalized spacial score (nSPS) is 16.6. The number of nitrogens with zero attached hydrogens (tertiary/aromatic N) is 4. The van der Waals surface area contributed by atoms with Crippen LogP contribution >= 0.6 is 0 Å². The number of hydrogen-bond donors (Lipinski definition) is 0. The topological polar surface area (TPSA) is 52.3 Å². The van der Waals surface area contributed by atoms with Gasteiger partial charge >= 0.3 is 0 Å². The highest BCUT2D eigenvalue weighted by Crippen LogP contribution is 2.32. The molecule has 0 amide bonds. The number of ether oxygens (including phenoxy) is 1. The number of fused-ring (bicyclic) bond motifs is 1. The third kappa shape index (κ3) is 2.50. The molecule has 0 fully saturated rings. The molecule has 2 heterocycles. The summed E-state index contributed by atoms with van der Waals surface area (Å²) >= 11 is 0.